The number of hydrogen-bond acceptors (Lipinski definition) is 4. The molecule has 0 aliphatic heterocycles. The maximum absolute atomic E-state index is 12.1. The summed E-state index contributed by atoms with van der Waals surface area (Å²) in [5.74, 6) is -1.08. The first-order chi connectivity index (χ1) is 12.0. The Bertz CT molecular complexity index is 432. The second-order valence-electron chi connectivity index (χ2n) is 7.22. The van der Waals surface area contributed by atoms with Crippen molar-refractivity contribution in [1.82, 2.24) is 0 Å². The first-order valence-electron chi connectivity index (χ1n) is 9.74. The number of hydrogen-bond donors (Lipinski definition) is 3. The van der Waals surface area contributed by atoms with Crippen LogP contribution in [0.2, 0.25) is 0 Å². The number of carbonyl (C=O) groups excluding carboxylic acids is 1. The molecule has 144 valence electrons. The minimum atomic E-state index is -0.764. The third-order valence-electron chi connectivity index (χ3n) is 5.06. The molecule has 25 heavy (non-hydrogen) atoms. The SMILES string of the molecule is CCCCC[C@H](O)C=C[C@H]1C(=O)C[C@H](O)[C@@H]1CCCCCCC(=O)O. The lowest BCUT2D eigenvalue weighted by molar-refractivity contribution is -0.137. The molecule has 0 unspecified atom stereocenters. The van der Waals surface area contributed by atoms with E-state index in [4.69, 9.17) is 5.11 Å². The lowest BCUT2D eigenvalue weighted by Crippen LogP contribution is -2.19. The number of rotatable bonds is 13. The number of ketones is 1. The van der Waals surface area contributed by atoms with Crippen molar-refractivity contribution in [3.63, 3.8) is 0 Å². The van der Waals surface area contributed by atoms with Crippen LogP contribution in [-0.2, 0) is 9.59 Å². The quantitative estimate of drug-likeness (QED) is 0.348. The number of unbranched alkanes of at least 4 members (excludes halogenated alkanes) is 5. The molecule has 0 aromatic heterocycles. The topological polar surface area (TPSA) is 94.8 Å². The van der Waals surface area contributed by atoms with E-state index >= 15 is 0 Å². The van der Waals surface area contributed by atoms with Gasteiger partial charge in [-0.05, 0) is 25.2 Å². The molecule has 1 saturated carbocycles. The molecule has 1 aliphatic rings. The Balaban J connectivity index is 2.39. The van der Waals surface area contributed by atoms with Crippen LogP contribution in [0.15, 0.2) is 12.2 Å². The first-order valence-corrected chi connectivity index (χ1v) is 9.74. The number of aliphatic hydroxyl groups excluding tert-OH is 2. The fourth-order valence-electron chi connectivity index (χ4n) is 3.55. The highest BCUT2D eigenvalue weighted by molar-refractivity contribution is 5.85. The average Bonchev–Trinajstić information content (AvgIpc) is 2.82. The van der Waals surface area contributed by atoms with Crippen LogP contribution in [-0.4, -0.2) is 39.3 Å². The predicted octanol–water partition coefficient (Wildman–Crippen LogP) is 3.48. The van der Waals surface area contributed by atoms with Crippen molar-refractivity contribution in [3.05, 3.63) is 12.2 Å². The van der Waals surface area contributed by atoms with Gasteiger partial charge in [-0.15, -0.1) is 0 Å². The molecule has 0 aromatic rings. The van der Waals surface area contributed by atoms with Crippen molar-refractivity contribution < 1.29 is 24.9 Å². The summed E-state index contributed by atoms with van der Waals surface area (Å²) >= 11 is 0. The maximum atomic E-state index is 12.1. The van der Waals surface area contributed by atoms with Crippen LogP contribution < -0.4 is 0 Å². The van der Waals surface area contributed by atoms with E-state index in [1.165, 1.54) is 0 Å². The lowest BCUT2D eigenvalue weighted by atomic mass is 9.88. The summed E-state index contributed by atoms with van der Waals surface area (Å²) in [7, 11) is 0. The van der Waals surface area contributed by atoms with E-state index in [0.717, 1.165) is 44.9 Å². The summed E-state index contributed by atoms with van der Waals surface area (Å²) in [6.45, 7) is 2.12. The minimum Gasteiger partial charge on any atom is -0.481 e. The smallest absolute Gasteiger partial charge is 0.303 e. The molecule has 1 fully saturated rings. The van der Waals surface area contributed by atoms with Crippen molar-refractivity contribution in [2.75, 3.05) is 0 Å². The molecule has 1 rings (SSSR count). The van der Waals surface area contributed by atoms with Crippen LogP contribution in [0.4, 0.5) is 0 Å². The largest absolute Gasteiger partial charge is 0.481 e. The Morgan fingerprint density at radius 3 is 2.60 bits per heavy atom. The molecule has 0 heterocycles. The molecule has 5 nitrogen and oxygen atoms in total. The van der Waals surface area contributed by atoms with Gasteiger partial charge < -0.3 is 15.3 Å². The highest BCUT2D eigenvalue weighted by atomic mass is 16.4. The lowest BCUT2D eigenvalue weighted by Gasteiger charge is -2.18. The number of allylic oxidation sites excluding steroid dienone is 1. The summed E-state index contributed by atoms with van der Waals surface area (Å²) in [6, 6.07) is 0. The Morgan fingerprint density at radius 1 is 1.20 bits per heavy atom. The predicted molar refractivity (Wildman–Crippen MR) is 97.2 cm³/mol. The van der Waals surface area contributed by atoms with Gasteiger partial charge in [0.15, 0.2) is 0 Å². The molecule has 0 radical (unpaired) electrons. The van der Waals surface area contributed by atoms with Gasteiger partial charge in [-0.2, -0.15) is 0 Å². The van der Waals surface area contributed by atoms with Gasteiger partial charge in [0.1, 0.15) is 5.78 Å². The number of aliphatic hydroxyl groups is 2. The maximum Gasteiger partial charge on any atom is 0.303 e. The van der Waals surface area contributed by atoms with Crippen LogP contribution in [0.25, 0.3) is 0 Å². The molecule has 5 heteroatoms. The number of Topliss-reactive ketones (excluding diaryl/α,β-unsaturated/α-hetero) is 1. The summed E-state index contributed by atoms with van der Waals surface area (Å²) in [6.07, 6.45) is 10.8. The Labute approximate surface area is 151 Å². The highest BCUT2D eigenvalue weighted by Crippen LogP contribution is 2.34. The van der Waals surface area contributed by atoms with Crippen LogP contribution in [0.3, 0.4) is 0 Å². The molecule has 1 aliphatic carbocycles. The third kappa shape index (κ3) is 8.63. The van der Waals surface area contributed by atoms with E-state index in [-0.39, 0.29) is 30.5 Å². The van der Waals surface area contributed by atoms with E-state index in [1.807, 2.05) is 0 Å². The molecular formula is C20H34O5. The van der Waals surface area contributed by atoms with Gasteiger partial charge in [0.25, 0.3) is 0 Å². The summed E-state index contributed by atoms with van der Waals surface area (Å²) < 4.78 is 0. The number of carbonyl (C=O) groups is 2. The molecule has 0 amide bonds. The van der Waals surface area contributed by atoms with Crippen molar-refractivity contribution >= 4 is 11.8 Å². The zero-order valence-corrected chi connectivity index (χ0v) is 15.4. The van der Waals surface area contributed by atoms with Gasteiger partial charge in [0, 0.05) is 18.8 Å². The van der Waals surface area contributed by atoms with Gasteiger partial charge in [0.05, 0.1) is 12.2 Å². The highest BCUT2D eigenvalue weighted by Gasteiger charge is 2.39. The zero-order chi connectivity index (χ0) is 18.7. The molecule has 0 aromatic carbocycles. The monoisotopic (exact) mass is 354 g/mol. The van der Waals surface area contributed by atoms with Crippen LogP contribution in [0.1, 0.15) is 77.6 Å². The normalized spacial score (nSPS) is 24.9. The van der Waals surface area contributed by atoms with Crippen LogP contribution >= 0.6 is 0 Å². The van der Waals surface area contributed by atoms with E-state index in [9.17, 15) is 19.8 Å². The Kier molecular flexibility index (Phi) is 10.7. The van der Waals surface area contributed by atoms with E-state index in [0.29, 0.717) is 12.8 Å². The van der Waals surface area contributed by atoms with E-state index in [2.05, 4.69) is 6.92 Å². The Morgan fingerprint density at radius 2 is 1.92 bits per heavy atom. The molecule has 0 spiro atoms. The number of carboxylic acids is 1. The van der Waals surface area contributed by atoms with Gasteiger partial charge in [-0.3, -0.25) is 9.59 Å². The second kappa shape index (κ2) is 12.2. The first kappa shape index (κ1) is 21.8. The van der Waals surface area contributed by atoms with Gasteiger partial charge in [0.2, 0.25) is 0 Å². The average molecular weight is 354 g/mol. The summed E-state index contributed by atoms with van der Waals surface area (Å²) in [5.41, 5.74) is 0. The van der Waals surface area contributed by atoms with Crippen molar-refractivity contribution in [3.8, 4) is 0 Å². The van der Waals surface area contributed by atoms with Crippen LogP contribution in [0.5, 0.6) is 0 Å². The van der Waals surface area contributed by atoms with Crippen molar-refractivity contribution in [2.45, 2.75) is 89.8 Å². The second-order valence-corrected chi connectivity index (χ2v) is 7.22. The fraction of sp³-hybridized carbons (Fsp3) is 0.800. The van der Waals surface area contributed by atoms with Gasteiger partial charge in [-0.25, -0.2) is 0 Å². The van der Waals surface area contributed by atoms with E-state index < -0.39 is 18.2 Å². The molecule has 3 N–H and O–H groups in total. The number of carboxylic acid groups (broad SMARTS) is 1. The van der Waals surface area contributed by atoms with Crippen molar-refractivity contribution in [2.24, 2.45) is 11.8 Å². The van der Waals surface area contributed by atoms with E-state index in [1.54, 1.807) is 12.2 Å². The zero-order valence-electron chi connectivity index (χ0n) is 15.4. The molecule has 0 saturated heterocycles. The summed E-state index contributed by atoms with van der Waals surface area (Å²) in [5, 5.41) is 28.7. The molecule has 4 atom stereocenters. The number of aliphatic carboxylic acids is 1. The third-order valence-corrected chi connectivity index (χ3v) is 5.06. The summed E-state index contributed by atoms with van der Waals surface area (Å²) in [4.78, 5) is 22.6. The Hall–Kier alpha value is -1.20. The molecular weight excluding hydrogens is 320 g/mol. The minimum absolute atomic E-state index is 0.0559. The standard InChI is InChI=1S/C20H34O5/c1-2-3-6-9-15(21)12-13-17-16(18(22)14-19(17)23)10-7-4-5-8-11-20(24)25/h12-13,15-18,21-22H,2-11,14H2,1H3,(H,24,25)/t15-,16+,17+,18-/m0/s1. The molecule has 0 bridgehead atoms. The fourth-order valence-corrected chi connectivity index (χ4v) is 3.55. The van der Waals surface area contributed by atoms with Crippen molar-refractivity contribution in [1.29, 1.82) is 0 Å². The van der Waals surface area contributed by atoms with Gasteiger partial charge in [-0.1, -0.05) is 57.6 Å². The van der Waals surface area contributed by atoms with Crippen LogP contribution in [0, 0.1) is 11.8 Å². The van der Waals surface area contributed by atoms with Gasteiger partial charge >= 0.3 is 5.97 Å².